The third-order valence-electron chi connectivity index (χ3n) is 8.84. The molecule has 278 valence electrons. The summed E-state index contributed by atoms with van der Waals surface area (Å²) >= 11 is 0. The third-order valence-corrected chi connectivity index (χ3v) is 8.84. The van der Waals surface area contributed by atoms with E-state index in [1.165, 1.54) is 21.1 Å². The van der Waals surface area contributed by atoms with Gasteiger partial charge in [0.1, 0.15) is 41.9 Å². The van der Waals surface area contributed by atoms with Crippen LogP contribution in [0.4, 0.5) is 0 Å². The van der Waals surface area contributed by atoms with Crippen molar-refractivity contribution < 1.29 is 47.4 Å². The van der Waals surface area contributed by atoms with E-state index in [4.69, 9.17) is 28.2 Å². The normalized spacial score (nSPS) is 15.4. The van der Waals surface area contributed by atoms with E-state index < -0.39 is 42.1 Å². The van der Waals surface area contributed by atoms with Crippen LogP contribution in [0.15, 0.2) is 108 Å². The highest BCUT2D eigenvalue weighted by Crippen LogP contribution is 2.40. The van der Waals surface area contributed by atoms with Crippen molar-refractivity contribution in [3.63, 3.8) is 0 Å². The monoisotopic (exact) mass is 733 g/mol. The molecule has 0 spiro atoms. The van der Waals surface area contributed by atoms with Crippen LogP contribution in [0, 0.1) is 6.92 Å². The van der Waals surface area contributed by atoms with Gasteiger partial charge in [-0.1, -0.05) is 84.0 Å². The van der Waals surface area contributed by atoms with Gasteiger partial charge in [0.15, 0.2) is 12.1 Å². The molecular weight excluding hydrogens is 694 g/mol. The first-order valence-corrected chi connectivity index (χ1v) is 17.1. The minimum absolute atomic E-state index is 0.0632. The van der Waals surface area contributed by atoms with Gasteiger partial charge in [0.25, 0.3) is 5.91 Å². The molecule has 13 nitrogen and oxygen atoms in total. The second-order valence-corrected chi connectivity index (χ2v) is 12.4. The molecule has 1 aromatic heterocycles. The van der Waals surface area contributed by atoms with Gasteiger partial charge in [-0.25, -0.2) is 4.79 Å². The molecule has 1 saturated heterocycles. The maximum absolute atomic E-state index is 14.0. The van der Waals surface area contributed by atoms with Gasteiger partial charge in [0, 0.05) is 12.5 Å². The molecule has 13 heteroatoms. The largest absolute Gasteiger partial charge is 0.496 e. The topological polar surface area (TPSA) is 156 Å². The molecule has 1 aliphatic heterocycles. The van der Waals surface area contributed by atoms with Crippen LogP contribution in [0.3, 0.4) is 0 Å². The molecule has 2 amide bonds. The Morgan fingerprint density at radius 2 is 1.44 bits per heavy atom. The lowest BCUT2D eigenvalue weighted by atomic mass is 9.95. The molecular formula is C41H39N3O10. The quantitative estimate of drug-likeness (QED) is 0.107. The van der Waals surface area contributed by atoms with Crippen LogP contribution in [0.5, 0.6) is 17.2 Å². The Balaban J connectivity index is 1.24. The number of aromatic nitrogens is 1. The second-order valence-electron chi connectivity index (χ2n) is 12.4. The number of aryl methyl sites for hydroxylation is 1. The van der Waals surface area contributed by atoms with Gasteiger partial charge in [0.05, 0.1) is 26.2 Å². The summed E-state index contributed by atoms with van der Waals surface area (Å²) in [5.74, 6) is -0.937. The van der Waals surface area contributed by atoms with Crippen molar-refractivity contribution in [2.75, 3.05) is 14.2 Å². The second kappa shape index (κ2) is 16.8. The van der Waals surface area contributed by atoms with E-state index in [2.05, 4.69) is 10.5 Å². The number of methoxy groups -OCH3 is 2. The standard InChI is InChI=1S/C41H39N3O10/c1-25-31(36(43-54-25)35-32(49-3)16-11-17-33(35)50-4)22-34(46)42-37-39(47)44(40(37)53-26(2)45)38(41(48)52-24-28-14-9-6-10-15-28)29-18-20-30(21-19-29)51-23-27-12-7-5-8-13-27/h5-21,37-38,40H,22-24H2,1-4H3,(H,42,46)/t37-,38?,40+/m1/s1. The Morgan fingerprint density at radius 3 is 2.04 bits per heavy atom. The van der Waals surface area contributed by atoms with Crippen molar-refractivity contribution in [1.29, 1.82) is 0 Å². The number of benzene rings is 4. The van der Waals surface area contributed by atoms with E-state index in [0.29, 0.717) is 52.0 Å². The van der Waals surface area contributed by atoms with Crippen LogP contribution in [0.1, 0.15) is 41.0 Å². The number of hydrogen-bond donors (Lipinski definition) is 1. The number of rotatable bonds is 15. The molecule has 1 aliphatic rings. The van der Waals surface area contributed by atoms with Crippen LogP contribution in [-0.4, -0.2) is 60.3 Å². The van der Waals surface area contributed by atoms with Crippen molar-refractivity contribution >= 4 is 23.8 Å². The van der Waals surface area contributed by atoms with Gasteiger partial charge in [-0.05, 0) is 47.9 Å². The molecule has 2 heterocycles. The fourth-order valence-electron chi connectivity index (χ4n) is 6.16. The molecule has 0 saturated carbocycles. The Morgan fingerprint density at radius 1 is 0.833 bits per heavy atom. The summed E-state index contributed by atoms with van der Waals surface area (Å²) in [4.78, 5) is 54.9. The Kier molecular flexibility index (Phi) is 11.6. The first kappa shape index (κ1) is 37.1. The lowest BCUT2D eigenvalue weighted by molar-refractivity contribution is -0.202. The summed E-state index contributed by atoms with van der Waals surface area (Å²) in [6.45, 7) is 3.09. The molecule has 1 N–H and O–H groups in total. The van der Waals surface area contributed by atoms with Crippen molar-refractivity contribution in [3.05, 3.63) is 131 Å². The van der Waals surface area contributed by atoms with Crippen molar-refractivity contribution in [3.8, 4) is 28.5 Å². The van der Waals surface area contributed by atoms with E-state index in [1.54, 1.807) is 61.5 Å². The van der Waals surface area contributed by atoms with Gasteiger partial charge in [0.2, 0.25) is 12.1 Å². The molecule has 1 unspecified atom stereocenters. The van der Waals surface area contributed by atoms with Crippen molar-refractivity contribution in [2.24, 2.45) is 0 Å². The summed E-state index contributed by atoms with van der Waals surface area (Å²) in [5.41, 5.74) is 3.33. The third kappa shape index (κ3) is 8.20. The molecule has 54 heavy (non-hydrogen) atoms. The zero-order chi connectivity index (χ0) is 38.2. The van der Waals surface area contributed by atoms with Crippen LogP contribution in [0.25, 0.3) is 11.3 Å². The SMILES string of the molecule is COc1cccc(OC)c1-c1noc(C)c1CC(=O)N[C@@H]1C(=O)N(C(C(=O)OCc2ccccc2)c2ccc(OCc3ccccc3)cc2)[C@H]1OC(C)=O. The number of esters is 2. The molecule has 3 atom stereocenters. The van der Waals surface area contributed by atoms with E-state index in [1.807, 2.05) is 48.5 Å². The van der Waals surface area contributed by atoms with E-state index in [-0.39, 0.29) is 13.0 Å². The van der Waals surface area contributed by atoms with Crippen LogP contribution in [0.2, 0.25) is 0 Å². The molecule has 0 radical (unpaired) electrons. The van der Waals surface area contributed by atoms with E-state index >= 15 is 0 Å². The molecule has 1 fully saturated rings. The van der Waals surface area contributed by atoms with Crippen LogP contribution in [-0.2, 0) is 48.3 Å². The Hall–Kier alpha value is -6.63. The summed E-state index contributed by atoms with van der Waals surface area (Å²) in [5, 5.41) is 6.87. The summed E-state index contributed by atoms with van der Waals surface area (Å²) in [6, 6.07) is 27.9. The summed E-state index contributed by atoms with van der Waals surface area (Å²) in [7, 11) is 3.00. The highest BCUT2D eigenvalue weighted by atomic mass is 16.6. The molecule has 6 rings (SSSR count). The van der Waals surface area contributed by atoms with Crippen molar-refractivity contribution in [2.45, 2.75) is 51.8 Å². The number of β-lactam (4-membered cyclic amide) rings is 1. The average molecular weight is 734 g/mol. The minimum atomic E-state index is -1.33. The van der Waals surface area contributed by atoms with Gasteiger partial charge < -0.3 is 33.5 Å². The number of carbonyl (C=O) groups is 4. The van der Waals surface area contributed by atoms with Crippen LogP contribution >= 0.6 is 0 Å². The smallest absolute Gasteiger partial charge is 0.334 e. The lowest BCUT2D eigenvalue weighted by Crippen LogP contribution is -2.73. The zero-order valence-corrected chi connectivity index (χ0v) is 30.1. The maximum atomic E-state index is 14.0. The number of amides is 2. The predicted octanol–water partition coefficient (Wildman–Crippen LogP) is 5.49. The Bertz CT molecular complexity index is 2080. The highest BCUT2D eigenvalue weighted by molar-refractivity contribution is 5.97. The fraction of sp³-hybridized carbons (Fsp3) is 0.244. The Labute approximate surface area is 311 Å². The first-order chi connectivity index (χ1) is 26.2. The summed E-state index contributed by atoms with van der Waals surface area (Å²) < 4.78 is 33.7. The minimum Gasteiger partial charge on any atom is -0.496 e. The molecule has 5 aromatic rings. The number of hydrogen-bond acceptors (Lipinski definition) is 11. The van der Waals surface area contributed by atoms with Gasteiger partial charge in [-0.2, -0.15) is 0 Å². The number of nitrogens with one attached hydrogen (secondary N) is 1. The summed E-state index contributed by atoms with van der Waals surface area (Å²) in [6.07, 6.45) is -1.59. The maximum Gasteiger partial charge on any atom is 0.334 e. The highest BCUT2D eigenvalue weighted by Gasteiger charge is 2.56. The van der Waals surface area contributed by atoms with E-state index in [9.17, 15) is 19.2 Å². The zero-order valence-electron chi connectivity index (χ0n) is 30.1. The number of ether oxygens (including phenoxy) is 5. The molecule has 0 aliphatic carbocycles. The number of nitrogens with zero attached hydrogens (tertiary/aromatic N) is 2. The van der Waals surface area contributed by atoms with E-state index in [0.717, 1.165) is 16.0 Å². The fourth-order valence-corrected chi connectivity index (χ4v) is 6.16. The average Bonchev–Trinajstić information content (AvgIpc) is 3.55. The van der Waals surface area contributed by atoms with Crippen LogP contribution < -0.4 is 19.5 Å². The van der Waals surface area contributed by atoms with Crippen molar-refractivity contribution in [1.82, 2.24) is 15.4 Å². The van der Waals surface area contributed by atoms with Gasteiger partial charge >= 0.3 is 11.9 Å². The lowest BCUT2D eigenvalue weighted by Gasteiger charge is -2.48. The van der Waals surface area contributed by atoms with Gasteiger partial charge in [-0.15, -0.1) is 0 Å². The van der Waals surface area contributed by atoms with Gasteiger partial charge in [-0.3, -0.25) is 19.3 Å². The predicted molar refractivity (Wildman–Crippen MR) is 194 cm³/mol. The number of likely N-dealkylation sites (tertiary alicyclic amines) is 1. The number of carbonyl (C=O) groups excluding carboxylic acids is 4. The first-order valence-electron chi connectivity index (χ1n) is 17.1. The molecule has 4 aromatic carbocycles. The molecule has 0 bridgehead atoms.